The maximum atomic E-state index is 11.6. The third-order valence-electron chi connectivity index (χ3n) is 2.11. The van der Waals surface area contributed by atoms with Gasteiger partial charge in [0.05, 0.1) is 17.3 Å². The Morgan fingerprint density at radius 1 is 1.53 bits per heavy atom. The van der Waals surface area contributed by atoms with Crippen molar-refractivity contribution in [2.24, 2.45) is 5.73 Å². The summed E-state index contributed by atoms with van der Waals surface area (Å²) in [6.45, 7) is 1.62. The van der Waals surface area contributed by atoms with E-state index in [-0.39, 0.29) is 5.91 Å². The first-order chi connectivity index (χ1) is 7.07. The van der Waals surface area contributed by atoms with Crippen LogP contribution in [0, 0.1) is 11.3 Å². The van der Waals surface area contributed by atoms with E-state index in [4.69, 9.17) is 11.0 Å². The number of likely N-dealkylation sites (N-methyl/N-ethyl adjacent to an activating group) is 1. The molecular formula is C11H13N3O. The fraction of sp³-hybridized carbons (Fsp3) is 0.273. The molecule has 0 aliphatic rings. The van der Waals surface area contributed by atoms with Crippen molar-refractivity contribution < 1.29 is 4.79 Å². The van der Waals surface area contributed by atoms with Crippen LogP contribution in [-0.2, 0) is 4.79 Å². The van der Waals surface area contributed by atoms with E-state index in [0.717, 1.165) is 0 Å². The molecule has 1 atom stereocenters. The zero-order valence-corrected chi connectivity index (χ0v) is 8.77. The summed E-state index contributed by atoms with van der Waals surface area (Å²) in [6, 6.07) is 8.39. The number of amides is 1. The molecule has 0 bridgehead atoms. The Kier molecular flexibility index (Phi) is 3.42. The standard InChI is InChI=1S/C11H13N3O/c1-8(13)11(15)14(2)10-6-4-3-5-9(10)7-12/h3-6,8H,13H2,1-2H3/t8-/m0/s1. The monoisotopic (exact) mass is 203 g/mol. The van der Waals surface area contributed by atoms with Gasteiger partial charge in [0.2, 0.25) is 5.91 Å². The SMILES string of the molecule is C[C@H](N)C(=O)N(C)c1ccccc1C#N. The van der Waals surface area contributed by atoms with Crippen molar-refractivity contribution in [1.29, 1.82) is 5.26 Å². The van der Waals surface area contributed by atoms with Crippen LogP contribution in [-0.4, -0.2) is 19.0 Å². The fourth-order valence-corrected chi connectivity index (χ4v) is 1.28. The molecule has 0 radical (unpaired) electrons. The lowest BCUT2D eigenvalue weighted by molar-refractivity contribution is -0.119. The Morgan fingerprint density at radius 2 is 2.13 bits per heavy atom. The summed E-state index contributed by atoms with van der Waals surface area (Å²) in [4.78, 5) is 13.0. The molecule has 1 aromatic rings. The largest absolute Gasteiger partial charge is 0.320 e. The summed E-state index contributed by atoms with van der Waals surface area (Å²) < 4.78 is 0. The Balaban J connectivity index is 3.07. The number of rotatable bonds is 2. The topological polar surface area (TPSA) is 70.1 Å². The summed E-state index contributed by atoms with van der Waals surface area (Å²) in [6.07, 6.45) is 0. The van der Waals surface area contributed by atoms with Crippen LogP contribution in [0.4, 0.5) is 5.69 Å². The van der Waals surface area contributed by atoms with E-state index in [2.05, 4.69) is 0 Å². The molecule has 0 saturated heterocycles. The molecule has 78 valence electrons. The van der Waals surface area contributed by atoms with Crippen LogP contribution < -0.4 is 10.6 Å². The molecule has 0 fully saturated rings. The number of carbonyl (C=O) groups excluding carboxylic acids is 1. The summed E-state index contributed by atoms with van der Waals surface area (Å²) in [5.74, 6) is -0.210. The van der Waals surface area contributed by atoms with Crippen molar-refractivity contribution in [2.45, 2.75) is 13.0 Å². The number of para-hydroxylation sites is 1. The van der Waals surface area contributed by atoms with Crippen LogP contribution in [0.25, 0.3) is 0 Å². The molecule has 0 heterocycles. The summed E-state index contributed by atoms with van der Waals surface area (Å²) in [5.41, 5.74) is 6.54. The van der Waals surface area contributed by atoms with E-state index < -0.39 is 6.04 Å². The predicted octanol–water partition coefficient (Wildman–Crippen LogP) is 0.868. The number of carbonyl (C=O) groups is 1. The number of nitrogens with zero attached hydrogens (tertiary/aromatic N) is 2. The zero-order chi connectivity index (χ0) is 11.4. The Morgan fingerprint density at radius 3 is 2.67 bits per heavy atom. The quantitative estimate of drug-likeness (QED) is 0.775. The van der Waals surface area contributed by atoms with Crippen molar-refractivity contribution in [3.63, 3.8) is 0 Å². The summed E-state index contributed by atoms with van der Waals surface area (Å²) in [7, 11) is 1.61. The van der Waals surface area contributed by atoms with Crippen LogP contribution in [0.5, 0.6) is 0 Å². The van der Waals surface area contributed by atoms with Gasteiger partial charge in [0.1, 0.15) is 6.07 Å². The average molecular weight is 203 g/mol. The van der Waals surface area contributed by atoms with E-state index in [0.29, 0.717) is 11.3 Å². The number of hydrogen-bond acceptors (Lipinski definition) is 3. The molecule has 4 nitrogen and oxygen atoms in total. The molecular weight excluding hydrogens is 190 g/mol. The number of hydrogen-bond donors (Lipinski definition) is 1. The van der Waals surface area contributed by atoms with Crippen LogP contribution in [0.3, 0.4) is 0 Å². The van der Waals surface area contributed by atoms with Gasteiger partial charge in [-0.2, -0.15) is 5.26 Å². The number of nitrogens with two attached hydrogens (primary N) is 1. The minimum atomic E-state index is -0.568. The molecule has 0 saturated carbocycles. The first-order valence-corrected chi connectivity index (χ1v) is 4.60. The highest BCUT2D eigenvalue weighted by Crippen LogP contribution is 2.18. The Labute approximate surface area is 88.9 Å². The number of anilines is 1. The second-order valence-corrected chi connectivity index (χ2v) is 3.31. The van der Waals surface area contributed by atoms with E-state index in [1.165, 1.54) is 4.90 Å². The average Bonchev–Trinajstić information content (AvgIpc) is 2.26. The lowest BCUT2D eigenvalue weighted by Crippen LogP contribution is -2.40. The van der Waals surface area contributed by atoms with Gasteiger partial charge in [0.25, 0.3) is 0 Å². The highest BCUT2D eigenvalue weighted by atomic mass is 16.2. The third-order valence-corrected chi connectivity index (χ3v) is 2.11. The maximum absolute atomic E-state index is 11.6. The molecule has 1 aromatic carbocycles. The second kappa shape index (κ2) is 4.58. The van der Waals surface area contributed by atoms with Gasteiger partial charge in [-0.05, 0) is 19.1 Å². The molecule has 4 heteroatoms. The molecule has 0 aliphatic carbocycles. The van der Waals surface area contributed by atoms with Crippen molar-refractivity contribution in [2.75, 3.05) is 11.9 Å². The minimum Gasteiger partial charge on any atom is -0.320 e. The van der Waals surface area contributed by atoms with E-state index in [1.54, 1.807) is 38.2 Å². The van der Waals surface area contributed by atoms with E-state index in [1.807, 2.05) is 6.07 Å². The molecule has 1 amide bonds. The molecule has 0 unspecified atom stereocenters. The van der Waals surface area contributed by atoms with E-state index >= 15 is 0 Å². The Hall–Kier alpha value is -1.86. The van der Waals surface area contributed by atoms with Crippen LogP contribution >= 0.6 is 0 Å². The van der Waals surface area contributed by atoms with Gasteiger partial charge in [-0.15, -0.1) is 0 Å². The fourth-order valence-electron chi connectivity index (χ4n) is 1.28. The molecule has 0 aromatic heterocycles. The van der Waals surface area contributed by atoms with Gasteiger partial charge in [-0.3, -0.25) is 4.79 Å². The lowest BCUT2D eigenvalue weighted by atomic mass is 10.1. The van der Waals surface area contributed by atoms with Crippen LogP contribution in [0.15, 0.2) is 24.3 Å². The first-order valence-electron chi connectivity index (χ1n) is 4.60. The summed E-state index contributed by atoms with van der Waals surface area (Å²) in [5, 5.41) is 8.87. The van der Waals surface area contributed by atoms with Gasteiger partial charge in [-0.25, -0.2) is 0 Å². The van der Waals surface area contributed by atoms with Gasteiger partial charge in [0, 0.05) is 7.05 Å². The molecule has 15 heavy (non-hydrogen) atoms. The predicted molar refractivity (Wildman–Crippen MR) is 58.2 cm³/mol. The lowest BCUT2D eigenvalue weighted by Gasteiger charge is -2.20. The normalized spacial score (nSPS) is 11.6. The maximum Gasteiger partial charge on any atom is 0.243 e. The van der Waals surface area contributed by atoms with Crippen LogP contribution in [0.2, 0.25) is 0 Å². The van der Waals surface area contributed by atoms with Gasteiger partial charge >= 0.3 is 0 Å². The number of benzene rings is 1. The molecule has 0 spiro atoms. The van der Waals surface area contributed by atoms with Crippen molar-refractivity contribution in [1.82, 2.24) is 0 Å². The highest BCUT2D eigenvalue weighted by molar-refractivity contribution is 5.97. The van der Waals surface area contributed by atoms with Gasteiger partial charge in [0.15, 0.2) is 0 Å². The van der Waals surface area contributed by atoms with Crippen LogP contribution in [0.1, 0.15) is 12.5 Å². The molecule has 0 aliphatic heterocycles. The smallest absolute Gasteiger partial charge is 0.243 e. The highest BCUT2D eigenvalue weighted by Gasteiger charge is 2.16. The van der Waals surface area contributed by atoms with Gasteiger partial charge < -0.3 is 10.6 Å². The van der Waals surface area contributed by atoms with Crippen molar-refractivity contribution in [3.05, 3.63) is 29.8 Å². The minimum absolute atomic E-state index is 0.210. The van der Waals surface area contributed by atoms with E-state index in [9.17, 15) is 4.79 Å². The Bertz CT molecular complexity index is 407. The van der Waals surface area contributed by atoms with Crippen molar-refractivity contribution in [3.8, 4) is 6.07 Å². The third kappa shape index (κ3) is 2.33. The molecule has 2 N–H and O–H groups in total. The zero-order valence-electron chi connectivity index (χ0n) is 8.77. The summed E-state index contributed by atoms with van der Waals surface area (Å²) >= 11 is 0. The second-order valence-electron chi connectivity index (χ2n) is 3.31. The first kappa shape index (κ1) is 11.2. The number of nitriles is 1. The van der Waals surface area contributed by atoms with Crippen molar-refractivity contribution >= 4 is 11.6 Å². The van der Waals surface area contributed by atoms with Gasteiger partial charge in [-0.1, -0.05) is 12.1 Å². The molecule has 1 rings (SSSR count).